The Hall–Kier alpha value is -2.19. The predicted molar refractivity (Wildman–Crippen MR) is 119 cm³/mol. The van der Waals surface area contributed by atoms with Crippen molar-refractivity contribution in [2.45, 2.75) is 18.7 Å². The van der Waals surface area contributed by atoms with Gasteiger partial charge >= 0.3 is 0 Å². The van der Waals surface area contributed by atoms with Crippen LogP contribution in [0.1, 0.15) is 13.8 Å². The fourth-order valence-electron chi connectivity index (χ4n) is 1.35. The number of thiocarbonyl (C=S) groups is 2. The largest absolute Gasteiger partial charge is 0.744 e. The van der Waals surface area contributed by atoms with Crippen LogP contribution < -0.4 is 26.8 Å². The van der Waals surface area contributed by atoms with Crippen LogP contribution in [0.3, 0.4) is 0 Å². The first-order valence-electron chi connectivity index (χ1n) is 7.98. The molecule has 10 nitrogen and oxygen atoms in total. The average Bonchev–Trinajstić information content (AvgIpc) is 2.64. The highest BCUT2D eigenvalue weighted by molar-refractivity contribution is 7.85. The quantitative estimate of drug-likeness (QED) is 0.175. The van der Waals surface area contributed by atoms with E-state index in [1.165, 1.54) is 24.3 Å². The third kappa shape index (κ3) is 10.8. The number of hydrogen-bond donors (Lipinski definition) is 5. The molecule has 0 radical (unpaired) electrons. The minimum Gasteiger partial charge on any atom is -0.744 e. The Kier molecular flexibility index (Phi) is 12.0. The SMILES string of the molecule is CNC(=S)N/N=C(C)/C(C)=N/NC(=S)Nc1ccc(S(=O)(=O)[O-])cc1.C[NH2+]C. The van der Waals surface area contributed by atoms with Crippen molar-refractivity contribution in [3.63, 3.8) is 0 Å². The number of benzene rings is 1. The van der Waals surface area contributed by atoms with Crippen molar-refractivity contribution in [3.8, 4) is 0 Å². The van der Waals surface area contributed by atoms with E-state index in [4.69, 9.17) is 24.4 Å². The molecular formula is C15H25N7O3S3. The van der Waals surface area contributed by atoms with Gasteiger partial charge < -0.3 is 20.5 Å². The van der Waals surface area contributed by atoms with Crippen LogP contribution in [0.4, 0.5) is 5.69 Å². The Balaban J connectivity index is 0.00000227. The highest BCUT2D eigenvalue weighted by atomic mass is 32.2. The van der Waals surface area contributed by atoms with E-state index in [9.17, 15) is 13.0 Å². The van der Waals surface area contributed by atoms with Gasteiger partial charge in [0.1, 0.15) is 10.1 Å². The first-order chi connectivity index (χ1) is 13.0. The van der Waals surface area contributed by atoms with Gasteiger partial charge in [0.05, 0.1) is 30.4 Å². The van der Waals surface area contributed by atoms with Gasteiger partial charge in [0, 0.05) is 12.7 Å². The molecule has 1 aromatic carbocycles. The van der Waals surface area contributed by atoms with Crippen molar-refractivity contribution in [1.29, 1.82) is 0 Å². The standard InChI is InChI=1S/C13H18N6O3S3.C2H7N/c1-8(16-18-12(23)14-3)9(2)17-19-13(24)15-10-4-6-11(7-5-10)25(20,21)22;1-3-2/h4-7H,1-3H3,(H2,14,18,23)(H2,15,19,24)(H,20,21,22);3H,1-2H3/b16-8+,17-9+;. The van der Waals surface area contributed by atoms with Crippen LogP contribution in [-0.2, 0) is 10.1 Å². The molecule has 0 fully saturated rings. The monoisotopic (exact) mass is 447 g/mol. The summed E-state index contributed by atoms with van der Waals surface area (Å²) in [6.07, 6.45) is 0. The minimum atomic E-state index is -4.47. The lowest BCUT2D eigenvalue weighted by molar-refractivity contribution is -0.597. The topological polar surface area (TPSA) is 147 Å². The molecule has 0 bridgehead atoms. The van der Waals surface area contributed by atoms with Crippen LogP contribution in [0.2, 0.25) is 0 Å². The van der Waals surface area contributed by atoms with Crippen LogP contribution in [0, 0.1) is 0 Å². The fraction of sp³-hybridized carbons (Fsp3) is 0.333. The van der Waals surface area contributed by atoms with E-state index < -0.39 is 10.1 Å². The maximum atomic E-state index is 10.9. The fourth-order valence-corrected chi connectivity index (χ4v) is 2.03. The third-order valence-electron chi connectivity index (χ3n) is 2.80. The van der Waals surface area contributed by atoms with E-state index in [0.717, 1.165) is 0 Å². The molecule has 0 aliphatic heterocycles. The third-order valence-corrected chi connectivity index (χ3v) is 4.14. The zero-order chi connectivity index (χ0) is 21.7. The van der Waals surface area contributed by atoms with Gasteiger partial charge in [0.2, 0.25) is 0 Å². The number of nitrogens with zero attached hydrogens (tertiary/aromatic N) is 2. The minimum absolute atomic E-state index is 0.184. The van der Waals surface area contributed by atoms with Gasteiger partial charge in [-0.05, 0) is 62.5 Å². The number of hydrazone groups is 2. The molecule has 0 atom stereocenters. The van der Waals surface area contributed by atoms with Gasteiger partial charge in [-0.15, -0.1) is 0 Å². The first kappa shape index (κ1) is 25.8. The second kappa shape index (κ2) is 13.1. The normalized spacial score (nSPS) is 11.6. The van der Waals surface area contributed by atoms with Crippen molar-refractivity contribution in [1.82, 2.24) is 16.2 Å². The molecule has 0 saturated carbocycles. The van der Waals surface area contributed by atoms with E-state index in [-0.39, 0.29) is 10.0 Å². The summed E-state index contributed by atoms with van der Waals surface area (Å²) in [4.78, 5) is -0.315. The number of anilines is 1. The van der Waals surface area contributed by atoms with Crippen LogP contribution in [0.15, 0.2) is 39.4 Å². The summed E-state index contributed by atoms with van der Waals surface area (Å²) in [6.45, 7) is 3.47. The van der Waals surface area contributed by atoms with Crippen LogP contribution >= 0.6 is 24.4 Å². The molecule has 0 saturated heterocycles. The predicted octanol–water partition coefficient (Wildman–Crippen LogP) is -0.468. The molecular weight excluding hydrogens is 422 g/mol. The second-order valence-electron chi connectivity index (χ2n) is 5.21. The number of quaternary nitrogens is 1. The maximum Gasteiger partial charge on any atom is 0.191 e. The molecule has 0 spiro atoms. The smallest absolute Gasteiger partial charge is 0.191 e. The molecule has 28 heavy (non-hydrogen) atoms. The highest BCUT2D eigenvalue weighted by Crippen LogP contribution is 2.13. The van der Waals surface area contributed by atoms with Crippen LogP contribution in [0.25, 0.3) is 0 Å². The van der Waals surface area contributed by atoms with Crippen molar-refractivity contribution in [2.75, 3.05) is 26.5 Å². The van der Waals surface area contributed by atoms with Gasteiger partial charge in [-0.25, -0.2) is 8.42 Å². The van der Waals surface area contributed by atoms with E-state index in [1.54, 1.807) is 20.9 Å². The molecule has 1 rings (SSSR count). The summed E-state index contributed by atoms with van der Waals surface area (Å²) in [7, 11) is 1.20. The van der Waals surface area contributed by atoms with Crippen molar-refractivity contribution < 1.29 is 18.3 Å². The summed E-state index contributed by atoms with van der Waals surface area (Å²) in [6, 6.07) is 5.22. The Morgan fingerprint density at radius 2 is 1.43 bits per heavy atom. The molecule has 6 N–H and O–H groups in total. The van der Waals surface area contributed by atoms with Crippen molar-refractivity contribution in [3.05, 3.63) is 24.3 Å². The summed E-state index contributed by atoms with van der Waals surface area (Å²) in [5.41, 5.74) is 6.94. The van der Waals surface area contributed by atoms with Crippen LogP contribution in [0.5, 0.6) is 0 Å². The van der Waals surface area contributed by atoms with Crippen LogP contribution in [-0.4, -0.2) is 55.8 Å². The van der Waals surface area contributed by atoms with E-state index in [0.29, 0.717) is 22.2 Å². The Bertz CT molecular complexity index is 822. The lowest BCUT2D eigenvalue weighted by Gasteiger charge is -2.10. The maximum absolute atomic E-state index is 10.9. The Morgan fingerprint density at radius 3 is 1.82 bits per heavy atom. The average molecular weight is 448 g/mol. The molecule has 0 unspecified atom stereocenters. The number of rotatable bonds is 5. The van der Waals surface area contributed by atoms with Gasteiger partial charge in [-0.1, -0.05) is 0 Å². The van der Waals surface area contributed by atoms with Crippen molar-refractivity contribution in [2.24, 2.45) is 10.2 Å². The zero-order valence-electron chi connectivity index (χ0n) is 16.2. The highest BCUT2D eigenvalue weighted by Gasteiger charge is 2.03. The van der Waals surface area contributed by atoms with E-state index >= 15 is 0 Å². The molecule has 0 heterocycles. The molecule has 0 aliphatic rings. The first-order valence-corrected chi connectivity index (χ1v) is 10.2. The Morgan fingerprint density at radius 1 is 1.00 bits per heavy atom. The summed E-state index contributed by atoms with van der Waals surface area (Å²) >= 11 is 9.98. The summed E-state index contributed by atoms with van der Waals surface area (Å²) < 4.78 is 32.6. The molecule has 0 aliphatic carbocycles. The Labute approximate surface area is 176 Å². The van der Waals surface area contributed by atoms with E-state index in [2.05, 4.69) is 31.7 Å². The summed E-state index contributed by atoms with van der Waals surface area (Å²) in [5.74, 6) is 0. The zero-order valence-corrected chi connectivity index (χ0v) is 18.7. The number of hydrogen-bond acceptors (Lipinski definition) is 7. The van der Waals surface area contributed by atoms with Gasteiger partial charge in [0.25, 0.3) is 0 Å². The van der Waals surface area contributed by atoms with Gasteiger partial charge in [-0.3, -0.25) is 10.9 Å². The number of nitrogens with two attached hydrogens (primary N) is 1. The van der Waals surface area contributed by atoms with Gasteiger partial charge in [-0.2, -0.15) is 10.2 Å². The second-order valence-corrected chi connectivity index (χ2v) is 7.40. The summed E-state index contributed by atoms with van der Waals surface area (Å²) in [5, 5.41) is 16.2. The molecule has 0 aromatic heterocycles. The van der Waals surface area contributed by atoms with Crippen molar-refractivity contribution >= 4 is 61.9 Å². The molecule has 0 amide bonds. The lowest BCUT2D eigenvalue weighted by Crippen LogP contribution is -2.74. The van der Waals surface area contributed by atoms with Gasteiger partial charge in [0.15, 0.2) is 10.2 Å². The lowest BCUT2D eigenvalue weighted by atomic mass is 10.3. The molecule has 156 valence electrons. The van der Waals surface area contributed by atoms with E-state index in [1.807, 2.05) is 19.4 Å². The molecule has 1 aromatic rings. The number of nitrogens with one attached hydrogen (secondary N) is 4. The molecule has 13 heteroatoms.